The van der Waals surface area contributed by atoms with E-state index in [1.807, 2.05) is 13.0 Å². The van der Waals surface area contributed by atoms with Crippen LogP contribution in [0.5, 0.6) is 0 Å². The van der Waals surface area contributed by atoms with Crippen molar-refractivity contribution < 1.29 is 4.92 Å². The number of aryl methyl sites for hydroxylation is 1. The van der Waals surface area contributed by atoms with Gasteiger partial charge < -0.3 is 10.1 Å². The Bertz CT molecular complexity index is 598. The molecule has 2 aromatic heterocycles. The van der Waals surface area contributed by atoms with Gasteiger partial charge in [0.1, 0.15) is 0 Å². The van der Waals surface area contributed by atoms with Crippen LogP contribution in [0.3, 0.4) is 0 Å². The van der Waals surface area contributed by atoms with Crippen LogP contribution >= 0.6 is 31.9 Å². The number of halogens is 2. The Morgan fingerprint density at radius 1 is 1.47 bits per heavy atom. The summed E-state index contributed by atoms with van der Waals surface area (Å²) in [4.78, 5) is 17.7. The van der Waals surface area contributed by atoms with Crippen LogP contribution in [0.15, 0.2) is 21.5 Å². The van der Waals surface area contributed by atoms with Crippen molar-refractivity contribution in [3.8, 4) is 5.82 Å². The molecule has 88 valence electrons. The Hall–Kier alpha value is -1.35. The average molecular weight is 363 g/mol. The molecule has 2 heterocycles. The van der Waals surface area contributed by atoms with E-state index >= 15 is 0 Å². The van der Waals surface area contributed by atoms with Crippen LogP contribution < -0.4 is 0 Å². The lowest BCUT2D eigenvalue weighted by Gasteiger charge is -2.01. The Morgan fingerprint density at radius 2 is 2.18 bits per heavy atom. The van der Waals surface area contributed by atoms with Crippen molar-refractivity contribution in [2.75, 3.05) is 0 Å². The molecule has 0 atom stereocenters. The highest BCUT2D eigenvalue weighted by Crippen LogP contribution is 2.21. The van der Waals surface area contributed by atoms with Crippen LogP contribution in [0.25, 0.3) is 5.82 Å². The van der Waals surface area contributed by atoms with Gasteiger partial charge in [0.25, 0.3) is 4.73 Å². The fourth-order valence-electron chi connectivity index (χ4n) is 1.25. The van der Waals surface area contributed by atoms with Gasteiger partial charge in [-0.2, -0.15) is 0 Å². The summed E-state index contributed by atoms with van der Waals surface area (Å²) in [5, 5.41) is 14.3. The van der Waals surface area contributed by atoms with E-state index in [0.29, 0.717) is 5.82 Å². The number of hydrogen-bond acceptors (Lipinski definition) is 5. The number of nitrogens with zero attached hydrogens (tertiary/aromatic N) is 5. The molecule has 0 spiro atoms. The standard InChI is InChI=1S/C8H5Br2N5O2/c1-4-2-5(9)3-11-6(4)14-7(10)12-8(13-14)15(16)17/h2-3H,1H3. The first-order valence-electron chi connectivity index (χ1n) is 4.38. The molecule has 9 heteroatoms. The fourth-order valence-corrected chi connectivity index (χ4v) is 2.10. The van der Waals surface area contributed by atoms with Crippen molar-refractivity contribution >= 4 is 37.8 Å². The van der Waals surface area contributed by atoms with Crippen LogP contribution in [-0.4, -0.2) is 24.7 Å². The summed E-state index contributed by atoms with van der Waals surface area (Å²) in [6.45, 7) is 1.83. The normalized spacial score (nSPS) is 10.5. The van der Waals surface area contributed by atoms with E-state index < -0.39 is 10.9 Å². The molecule has 0 bridgehead atoms. The van der Waals surface area contributed by atoms with Gasteiger partial charge in [-0.25, -0.2) is 4.98 Å². The van der Waals surface area contributed by atoms with E-state index in [4.69, 9.17) is 0 Å². The van der Waals surface area contributed by atoms with Crippen molar-refractivity contribution in [2.45, 2.75) is 6.92 Å². The molecule has 2 rings (SSSR count). The molecule has 0 saturated carbocycles. The summed E-state index contributed by atoms with van der Waals surface area (Å²) >= 11 is 6.40. The first-order valence-corrected chi connectivity index (χ1v) is 5.97. The van der Waals surface area contributed by atoms with Crippen LogP contribution in [-0.2, 0) is 0 Å². The summed E-state index contributed by atoms with van der Waals surface area (Å²) < 4.78 is 2.34. The molecule has 0 aliphatic rings. The fraction of sp³-hybridized carbons (Fsp3) is 0.125. The van der Waals surface area contributed by atoms with Gasteiger partial charge in [0.05, 0.1) is 0 Å². The van der Waals surface area contributed by atoms with Gasteiger partial charge in [-0.15, -0.1) is 4.68 Å². The third-order valence-corrected chi connectivity index (χ3v) is 2.88. The van der Waals surface area contributed by atoms with Crippen molar-refractivity contribution in [3.05, 3.63) is 37.1 Å². The van der Waals surface area contributed by atoms with Crippen LogP contribution in [0.1, 0.15) is 5.56 Å². The van der Waals surface area contributed by atoms with E-state index in [0.717, 1.165) is 10.0 Å². The van der Waals surface area contributed by atoms with E-state index in [2.05, 4.69) is 46.9 Å². The molecule has 0 saturated heterocycles. The number of aromatic nitrogens is 4. The third-order valence-electron chi connectivity index (χ3n) is 1.94. The van der Waals surface area contributed by atoms with Crippen molar-refractivity contribution in [1.29, 1.82) is 0 Å². The molecule has 7 nitrogen and oxygen atoms in total. The van der Waals surface area contributed by atoms with Gasteiger partial charge in [-0.05, 0) is 44.4 Å². The Morgan fingerprint density at radius 3 is 2.71 bits per heavy atom. The van der Waals surface area contributed by atoms with E-state index in [1.54, 1.807) is 6.20 Å². The Labute approximate surface area is 112 Å². The first kappa shape index (κ1) is 12.1. The summed E-state index contributed by atoms with van der Waals surface area (Å²) in [5.74, 6) is 0.0154. The highest BCUT2D eigenvalue weighted by Gasteiger charge is 2.22. The maximum absolute atomic E-state index is 10.6. The largest absolute Gasteiger partial charge is 0.492 e. The smallest absolute Gasteiger partial charge is 0.390 e. The zero-order chi connectivity index (χ0) is 12.6. The molecule has 0 amide bonds. The minimum atomic E-state index is -0.657. The van der Waals surface area contributed by atoms with Crippen LogP contribution in [0.4, 0.5) is 5.95 Å². The van der Waals surface area contributed by atoms with Gasteiger partial charge in [0.2, 0.25) is 0 Å². The monoisotopic (exact) mass is 361 g/mol. The summed E-state index contributed by atoms with van der Waals surface area (Å²) in [7, 11) is 0. The summed E-state index contributed by atoms with van der Waals surface area (Å²) in [6.07, 6.45) is 1.59. The van der Waals surface area contributed by atoms with Crippen LogP contribution in [0.2, 0.25) is 0 Å². The molecule has 0 radical (unpaired) electrons. The van der Waals surface area contributed by atoms with Crippen molar-refractivity contribution in [3.63, 3.8) is 0 Å². The number of pyridine rings is 1. The van der Waals surface area contributed by atoms with Gasteiger partial charge in [-0.1, -0.05) is 0 Å². The molecule has 0 unspecified atom stereocenters. The number of rotatable bonds is 2. The maximum Gasteiger partial charge on any atom is 0.492 e. The highest BCUT2D eigenvalue weighted by molar-refractivity contribution is 9.10. The molecule has 0 fully saturated rings. The quantitative estimate of drug-likeness (QED) is 0.604. The maximum atomic E-state index is 10.6. The van der Waals surface area contributed by atoms with Crippen LogP contribution in [0, 0.1) is 17.0 Å². The highest BCUT2D eigenvalue weighted by atomic mass is 79.9. The minimum absolute atomic E-state index is 0.238. The van der Waals surface area contributed by atoms with Crippen molar-refractivity contribution in [2.24, 2.45) is 0 Å². The molecule has 17 heavy (non-hydrogen) atoms. The zero-order valence-corrected chi connectivity index (χ0v) is 11.6. The summed E-state index contributed by atoms with van der Waals surface area (Å²) in [6, 6.07) is 1.84. The molecule has 0 aromatic carbocycles. The molecule has 0 aliphatic heterocycles. The second kappa shape index (κ2) is 4.49. The third kappa shape index (κ3) is 2.34. The second-order valence-corrected chi connectivity index (χ2v) is 4.77. The van der Waals surface area contributed by atoms with Crippen molar-refractivity contribution in [1.82, 2.24) is 19.7 Å². The predicted molar refractivity (Wildman–Crippen MR) is 65.9 cm³/mol. The van der Waals surface area contributed by atoms with Gasteiger partial charge in [-0.3, -0.25) is 0 Å². The zero-order valence-electron chi connectivity index (χ0n) is 8.46. The van der Waals surface area contributed by atoms with E-state index in [-0.39, 0.29) is 4.73 Å². The van der Waals surface area contributed by atoms with Gasteiger partial charge >= 0.3 is 5.95 Å². The predicted octanol–water partition coefficient (Wildman–Crippen LogP) is 2.40. The lowest BCUT2D eigenvalue weighted by atomic mass is 10.3. The van der Waals surface area contributed by atoms with Gasteiger partial charge in [0.15, 0.2) is 5.82 Å². The Kier molecular flexibility index (Phi) is 3.20. The van der Waals surface area contributed by atoms with E-state index in [9.17, 15) is 10.1 Å². The lowest BCUT2D eigenvalue weighted by molar-refractivity contribution is -0.394. The topological polar surface area (TPSA) is 86.7 Å². The van der Waals surface area contributed by atoms with E-state index in [1.165, 1.54) is 4.68 Å². The molecular formula is C8H5Br2N5O2. The number of hydrogen-bond donors (Lipinski definition) is 0. The molecule has 0 N–H and O–H groups in total. The second-order valence-electron chi connectivity index (χ2n) is 3.14. The summed E-state index contributed by atoms with van der Waals surface area (Å²) in [5.41, 5.74) is 0.819. The lowest BCUT2D eigenvalue weighted by Crippen LogP contribution is -2.03. The number of nitro groups is 1. The average Bonchev–Trinajstić information content (AvgIpc) is 2.61. The first-order chi connectivity index (χ1) is 7.99. The molecular weight excluding hydrogens is 358 g/mol. The van der Waals surface area contributed by atoms with Gasteiger partial charge in [0, 0.05) is 31.7 Å². The Balaban J connectivity index is 2.56. The molecule has 2 aromatic rings. The molecule has 0 aliphatic carbocycles. The SMILES string of the molecule is Cc1cc(Br)cnc1-n1nc([N+](=O)[O-])nc1Br. The minimum Gasteiger partial charge on any atom is -0.390 e.